The van der Waals surface area contributed by atoms with Crippen LogP contribution in [0, 0.1) is 12.8 Å². The molecule has 0 aliphatic heterocycles. The lowest BCUT2D eigenvalue weighted by molar-refractivity contribution is -0.127. The van der Waals surface area contributed by atoms with Crippen molar-refractivity contribution in [2.24, 2.45) is 5.92 Å². The summed E-state index contributed by atoms with van der Waals surface area (Å²) in [6, 6.07) is 16.1. The molecule has 2 aromatic carbocycles. The van der Waals surface area contributed by atoms with Gasteiger partial charge in [0.25, 0.3) is 5.91 Å². The summed E-state index contributed by atoms with van der Waals surface area (Å²) >= 11 is 1.40. The number of nitrogens with one attached hydrogen (secondary N) is 2. The van der Waals surface area contributed by atoms with Crippen LogP contribution in [0.2, 0.25) is 0 Å². The van der Waals surface area contributed by atoms with E-state index in [0.29, 0.717) is 11.6 Å². The summed E-state index contributed by atoms with van der Waals surface area (Å²) in [4.78, 5) is 31.1. The number of aryl methyl sites for hydroxylation is 1. The Labute approximate surface area is 186 Å². The van der Waals surface area contributed by atoms with Crippen molar-refractivity contribution in [3.63, 3.8) is 0 Å². The normalized spacial score (nSPS) is 11.8. The molecule has 0 saturated heterocycles. The fourth-order valence-electron chi connectivity index (χ4n) is 3.18. The second-order valence-corrected chi connectivity index (χ2v) is 8.85. The Hall–Kier alpha value is -3.19. The number of nitrogens with zero attached hydrogens (tertiary/aromatic N) is 1. The Kier molecular flexibility index (Phi) is 7.41. The number of carbonyl (C=O) groups is 2. The third-order valence-electron chi connectivity index (χ3n) is 4.68. The number of amides is 2. The monoisotopic (exact) mass is 437 g/mol. The largest absolute Gasteiger partial charge is 0.497 e. The van der Waals surface area contributed by atoms with Crippen LogP contribution in [0.15, 0.2) is 54.6 Å². The highest BCUT2D eigenvalue weighted by molar-refractivity contribution is 7.16. The molecule has 0 spiro atoms. The third-order valence-corrected chi connectivity index (χ3v) is 5.57. The Morgan fingerprint density at radius 2 is 1.74 bits per heavy atom. The highest BCUT2D eigenvalue weighted by atomic mass is 32.1. The molecule has 0 saturated carbocycles. The van der Waals surface area contributed by atoms with E-state index < -0.39 is 6.04 Å². The Morgan fingerprint density at radius 1 is 1.06 bits per heavy atom. The molecular weight excluding hydrogens is 410 g/mol. The van der Waals surface area contributed by atoms with Crippen molar-refractivity contribution in [1.29, 1.82) is 0 Å². The predicted molar refractivity (Wildman–Crippen MR) is 124 cm³/mol. The van der Waals surface area contributed by atoms with Crippen LogP contribution < -0.4 is 15.4 Å². The van der Waals surface area contributed by atoms with Gasteiger partial charge >= 0.3 is 0 Å². The molecule has 6 nitrogen and oxygen atoms in total. The number of hydrogen-bond donors (Lipinski definition) is 2. The van der Waals surface area contributed by atoms with Crippen molar-refractivity contribution >= 4 is 28.3 Å². The lowest BCUT2D eigenvalue weighted by Gasteiger charge is -2.19. The standard InChI is InChI=1S/C24H27N3O3S/c1-15(2)14-20(28)25-22(17-8-6-5-7-9-17)23(29)27-24-26-21(16(3)31-24)18-10-12-19(30-4)13-11-18/h5-13,15,22H,14H2,1-4H3,(H,25,28)(H,26,27,29). The van der Waals surface area contributed by atoms with Crippen molar-refractivity contribution in [2.75, 3.05) is 12.4 Å². The van der Waals surface area contributed by atoms with Crippen LogP contribution in [0.4, 0.5) is 5.13 Å². The van der Waals surface area contributed by atoms with Crippen LogP contribution in [0.5, 0.6) is 5.75 Å². The van der Waals surface area contributed by atoms with Gasteiger partial charge in [-0.3, -0.25) is 14.9 Å². The van der Waals surface area contributed by atoms with E-state index in [2.05, 4.69) is 15.6 Å². The maximum atomic E-state index is 13.1. The van der Waals surface area contributed by atoms with Gasteiger partial charge in [0.15, 0.2) is 5.13 Å². The topological polar surface area (TPSA) is 80.3 Å². The molecule has 1 atom stereocenters. The summed E-state index contributed by atoms with van der Waals surface area (Å²) in [7, 11) is 1.62. The highest BCUT2D eigenvalue weighted by Crippen LogP contribution is 2.31. The minimum Gasteiger partial charge on any atom is -0.497 e. The van der Waals surface area contributed by atoms with E-state index >= 15 is 0 Å². The number of rotatable bonds is 8. The molecule has 0 bridgehead atoms. The predicted octanol–water partition coefficient (Wildman–Crippen LogP) is 4.97. The quantitative estimate of drug-likeness (QED) is 0.521. The second-order valence-electron chi connectivity index (χ2n) is 7.65. The number of anilines is 1. The Balaban J connectivity index is 1.80. The molecule has 1 unspecified atom stereocenters. The Morgan fingerprint density at radius 3 is 2.35 bits per heavy atom. The third kappa shape index (κ3) is 5.92. The van der Waals surface area contributed by atoms with Crippen molar-refractivity contribution in [3.05, 3.63) is 65.0 Å². The smallest absolute Gasteiger partial charge is 0.253 e. The molecular formula is C24H27N3O3S. The van der Waals surface area contributed by atoms with Crippen LogP contribution in [0.1, 0.15) is 36.8 Å². The molecule has 0 fully saturated rings. The minimum atomic E-state index is -0.791. The lowest BCUT2D eigenvalue weighted by atomic mass is 10.0. The van der Waals surface area contributed by atoms with Gasteiger partial charge in [-0.1, -0.05) is 44.2 Å². The van der Waals surface area contributed by atoms with Gasteiger partial charge in [-0.15, -0.1) is 11.3 Å². The number of thiazole rings is 1. The first-order valence-electron chi connectivity index (χ1n) is 10.1. The van der Waals surface area contributed by atoms with E-state index in [1.54, 1.807) is 7.11 Å². The summed E-state index contributed by atoms with van der Waals surface area (Å²) in [5.74, 6) is 0.493. The summed E-state index contributed by atoms with van der Waals surface area (Å²) in [6.07, 6.45) is 0.356. The van der Waals surface area contributed by atoms with E-state index in [9.17, 15) is 9.59 Å². The first kappa shape index (κ1) is 22.5. The average Bonchev–Trinajstić information content (AvgIpc) is 3.12. The van der Waals surface area contributed by atoms with E-state index in [0.717, 1.165) is 27.4 Å². The van der Waals surface area contributed by atoms with Gasteiger partial charge in [-0.05, 0) is 42.7 Å². The first-order chi connectivity index (χ1) is 14.9. The van der Waals surface area contributed by atoms with Crippen LogP contribution in [-0.4, -0.2) is 23.9 Å². The molecule has 3 aromatic rings. The van der Waals surface area contributed by atoms with Gasteiger partial charge in [0, 0.05) is 16.9 Å². The number of carbonyl (C=O) groups excluding carboxylic acids is 2. The molecule has 2 amide bonds. The van der Waals surface area contributed by atoms with Crippen LogP contribution in [0.25, 0.3) is 11.3 Å². The number of methoxy groups -OCH3 is 1. The highest BCUT2D eigenvalue weighted by Gasteiger charge is 2.24. The van der Waals surface area contributed by atoms with E-state index in [1.807, 2.05) is 75.4 Å². The van der Waals surface area contributed by atoms with Crippen molar-refractivity contribution in [2.45, 2.75) is 33.2 Å². The molecule has 0 aliphatic rings. The van der Waals surface area contributed by atoms with E-state index in [4.69, 9.17) is 4.74 Å². The number of hydrogen-bond acceptors (Lipinski definition) is 5. The van der Waals surface area contributed by atoms with Crippen LogP contribution in [0.3, 0.4) is 0 Å². The van der Waals surface area contributed by atoms with Crippen LogP contribution in [-0.2, 0) is 9.59 Å². The van der Waals surface area contributed by atoms with Gasteiger partial charge < -0.3 is 10.1 Å². The van der Waals surface area contributed by atoms with Crippen molar-refractivity contribution in [3.8, 4) is 17.0 Å². The molecule has 1 aromatic heterocycles. The molecule has 7 heteroatoms. The minimum absolute atomic E-state index is 0.159. The van der Waals surface area contributed by atoms with Crippen molar-refractivity contribution in [1.82, 2.24) is 10.3 Å². The zero-order valence-electron chi connectivity index (χ0n) is 18.1. The average molecular weight is 438 g/mol. The molecule has 31 heavy (non-hydrogen) atoms. The molecule has 162 valence electrons. The van der Waals surface area contributed by atoms with Gasteiger partial charge in [-0.25, -0.2) is 4.98 Å². The maximum Gasteiger partial charge on any atom is 0.253 e. The second kappa shape index (κ2) is 10.2. The summed E-state index contributed by atoms with van der Waals surface area (Å²) < 4.78 is 5.21. The molecule has 0 radical (unpaired) electrons. The molecule has 3 rings (SSSR count). The van der Waals surface area contributed by atoms with Gasteiger partial charge in [0.1, 0.15) is 11.8 Å². The molecule has 0 aliphatic carbocycles. The molecule has 1 heterocycles. The van der Waals surface area contributed by atoms with E-state index in [-0.39, 0.29) is 17.7 Å². The fraction of sp³-hybridized carbons (Fsp3) is 0.292. The van der Waals surface area contributed by atoms with Gasteiger partial charge in [0.2, 0.25) is 5.91 Å². The van der Waals surface area contributed by atoms with Gasteiger partial charge in [-0.2, -0.15) is 0 Å². The fourth-order valence-corrected chi connectivity index (χ4v) is 4.02. The number of benzene rings is 2. The zero-order valence-corrected chi connectivity index (χ0v) is 19.0. The van der Waals surface area contributed by atoms with E-state index in [1.165, 1.54) is 11.3 Å². The lowest BCUT2D eigenvalue weighted by Crippen LogP contribution is -2.37. The Bertz CT molecular complexity index is 1030. The maximum absolute atomic E-state index is 13.1. The zero-order chi connectivity index (χ0) is 22.4. The number of aromatic nitrogens is 1. The van der Waals surface area contributed by atoms with Gasteiger partial charge in [0.05, 0.1) is 12.8 Å². The molecule has 2 N–H and O–H groups in total. The van der Waals surface area contributed by atoms with Crippen LogP contribution >= 0.6 is 11.3 Å². The summed E-state index contributed by atoms with van der Waals surface area (Å²) in [5.41, 5.74) is 2.48. The van der Waals surface area contributed by atoms with Crippen molar-refractivity contribution < 1.29 is 14.3 Å². The first-order valence-corrected chi connectivity index (χ1v) is 11.0. The number of ether oxygens (including phenoxy) is 1. The summed E-state index contributed by atoms with van der Waals surface area (Å²) in [5, 5.41) is 6.24. The SMILES string of the molecule is COc1ccc(-c2nc(NC(=O)C(NC(=O)CC(C)C)c3ccccc3)sc2C)cc1. The summed E-state index contributed by atoms with van der Waals surface area (Å²) in [6.45, 7) is 5.90.